The van der Waals surface area contributed by atoms with Crippen LogP contribution in [0, 0.1) is 12.7 Å². The van der Waals surface area contributed by atoms with Crippen LogP contribution in [0.15, 0.2) is 22.7 Å². The third kappa shape index (κ3) is 4.17. The lowest BCUT2D eigenvalue weighted by Crippen LogP contribution is -2.14. The maximum Gasteiger partial charge on any atom is 0.229 e. The van der Waals surface area contributed by atoms with Crippen LogP contribution in [-0.2, 0) is 24.2 Å². The molecular weight excluding hydrogens is 397 g/mol. The van der Waals surface area contributed by atoms with Gasteiger partial charge in [0.2, 0.25) is 11.1 Å². The van der Waals surface area contributed by atoms with Crippen LogP contribution < -0.4 is 5.32 Å². The highest BCUT2D eigenvalue weighted by atomic mass is 35.5. The maximum atomic E-state index is 14.3. The van der Waals surface area contributed by atoms with E-state index >= 15 is 0 Å². The van der Waals surface area contributed by atoms with Crippen LogP contribution in [-0.4, -0.2) is 25.8 Å². The lowest BCUT2D eigenvalue weighted by Gasteiger charge is -2.10. The smallest absolute Gasteiger partial charge is 0.229 e. The first kappa shape index (κ1) is 19.6. The Morgan fingerprint density at radius 2 is 2.17 bits per heavy atom. The molecule has 0 bridgehead atoms. The number of hydrogen-bond acceptors (Lipinski definition) is 5. The number of anilines is 1. The fourth-order valence-corrected chi connectivity index (χ4v) is 3.82. The van der Waals surface area contributed by atoms with Gasteiger partial charge in [0.1, 0.15) is 11.6 Å². The van der Waals surface area contributed by atoms with Gasteiger partial charge in [-0.25, -0.2) is 4.39 Å². The molecule has 3 heterocycles. The van der Waals surface area contributed by atoms with Crippen LogP contribution in [0.1, 0.15) is 42.8 Å². The fraction of sp³-hybridized carbons (Fsp3) is 0.400. The van der Waals surface area contributed by atoms with Crippen molar-refractivity contribution >= 4 is 23.2 Å². The van der Waals surface area contributed by atoms with Gasteiger partial charge < -0.3 is 14.4 Å². The zero-order chi connectivity index (χ0) is 20.4. The lowest BCUT2D eigenvalue weighted by molar-refractivity contribution is -0.116. The molecule has 1 aliphatic heterocycles. The van der Waals surface area contributed by atoms with Crippen molar-refractivity contribution in [1.29, 1.82) is 0 Å². The van der Waals surface area contributed by atoms with Gasteiger partial charge in [0, 0.05) is 30.5 Å². The Hall–Kier alpha value is -2.74. The highest BCUT2D eigenvalue weighted by Gasteiger charge is 2.18. The maximum absolute atomic E-state index is 14.3. The van der Waals surface area contributed by atoms with E-state index in [9.17, 15) is 9.18 Å². The number of aryl methyl sites for hydroxylation is 2. The van der Waals surface area contributed by atoms with Crippen molar-refractivity contribution in [3.8, 4) is 11.4 Å². The summed E-state index contributed by atoms with van der Waals surface area (Å²) in [5, 5.41) is 15.2. The molecule has 0 fully saturated rings. The third-order valence-electron chi connectivity index (χ3n) is 5.15. The van der Waals surface area contributed by atoms with Crippen LogP contribution in [0.2, 0.25) is 5.22 Å². The molecule has 4 rings (SSSR count). The molecule has 1 amide bonds. The minimum Gasteiger partial charge on any atom is -0.344 e. The standard InChI is InChI=1S/C20H21ClFN5O2/c1-12-14(19(21)29-26-12)7-9-18(28)23-16-11-13(6-8-15(16)22)20-25-24-17-5-3-2-4-10-27(17)20/h6,8,11H,2-5,7,9-10H2,1H3,(H,23,28). The Labute approximate surface area is 172 Å². The number of amides is 1. The van der Waals surface area contributed by atoms with Crippen LogP contribution in [0.4, 0.5) is 10.1 Å². The summed E-state index contributed by atoms with van der Waals surface area (Å²) in [5.74, 6) is 0.826. The Morgan fingerprint density at radius 1 is 1.31 bits per heavy atom. The van der Waals surface area contributed by atoms with Crippen LogP contribution in [0.3, 0.4) is 0 Å². The van der Waals surface area contributed by atoms with Crippen molar-refractivity contribution in [2.75, 3.05) is 5.32 Å². The third-order valence-corrected chi connectivity index (χ3v) is 5.44. The topological polar surface area (TPSA) is 85.8 Å². The number of fused-ring (bicyclic) bond motifs is 1. The number of carbonyl (C=O) groups is 1. The minimum atomic E-state index is -0.503. The predicted molar refractivity (Wildman–Crippen MR) is 106 cm³/mol. The molecule has 0 spiro atoms. The average molecular weight is 418 g/mol. The largest absolute Gasteiger partial charge is 0.344 e. The molecule has 0 radical (unpaired) electrons. The molecule has 1 N–H and O–H groups in total. The van der Waals surface area contributed by atoms with E-state index in [1.54, 1.807) is 19.1 Å². The van der Waals surface area contributed by atoms with E-state index < -0.39 is 5.82 Å². The van der Waals surface area contributed by atoms with E-state index in [1.807, 2.05) is 0 Å². The lowest BCUT2D eigenvalue weighted by atomic mass is 10.1. The first-order valence-corrected chi connectivity index (χ1v) is 10.0. The van der Waals surface area contributed by atoms with Gasteiger partial charge in [0.25, 0.3) is 0 Å². The molecule has 0 saturated heterocycles. The molecule has 2 aromatic heterocycles. The Balaban J connectivity index is 1.50. The predicted octanol–water partition coefficient (Wildman–Crippen LogP) is 4.33. The number of aromatic nitrogens is 4. The summed E-state index contributed by atoms with van der Waals surface area (Å²) in [4.78, 5) is 12.4. The molecule has 9 heteroatoms. The quantitative estimate of drug-likeness (QED) is 0.667. The van der Waals surface area contributed by atoms with Crippen molar-refractivity contribution < 1.29 is 13.7 Å². The van der Waals surface area contributed by atoms with Crippen LogP contribution in [0.5, 0.6) is 0 Å². The molecule has 1 aromatic carbocycles. The second-order valence-corrected chi connectivity index (χ2v) is 7.51. The number of rotatable bonds is 5. The summed E-state index contributed by atoms with van der Waals surface area (Å²) in [7, 11) is 0. The second-order valence-electron chi connectivity index (χ2n) is 7.17. The number of carbonyl (C=O) groups excluding carboxylic acids is 1. The number of nitrogens with one attached hydrogen (secondary N) is 1. The van der Waals surface area contributed by atoms with Gasteiger partial charge in [-0.05, 0) is 56.0 Å². The van der Waals surface area contributed by atoms with Crippen LogP contribution in [0.25, 0.3) is 11.4 Å². The Morgan fingerprint density at radius 3 is 2.97 bits per heavy atom. The van der Waals surface area contributed by atoms with Gasteiger partial charge in [0.05, 0.1) is 11.4 Å². The summed E-state index contributed by atoms with van der Waals surface area (Å²) in [6, 6.07) is 4.60. The van der Waals surface area contributed by atoms with Crippen molar-refractivity contribution in [1.82, 2.24) is 19.9 Å². The van der Waals surface area contributed by atoms with Crippen LogP contribution >= 0.6 is 11.6 Å². The van der Waals surface area contributed by atoms with E-state index in [1.165, 1.54) is 6.07 Å². The molecule has 29 heavy (non-hydrogen) atoms. The molecule has 0 saturated carbocycles. The SMILES string of the molecule is Cc1noc(Cl)c1CCC(=O)Nc1cc(-c2nnc3n2CCCCC3)ccc1F. The van der Waals surface area contributed by atoms with E-state index in [-0.39, 0.29) is 23.2 Å². The van der Waals surface area contributed by atoms with Gasteiger partial charge >= 0.3 is 0 Å². The molecule has 3 aromatic rings. The number of benzene rings is 1. The molecule has 1 aliphatic rings. The minimum absolute atomic E-state index is 0.117. The summed E-state index contributed by atoms with van der Waals surface area (Å²) < 4.78 is 21.3. The van der Waals surface area contributed by atoms with E-state index in [2.05, 4.69) is 25.2 Å². The van der Waals surface area contributed by atoms with Crippen molar-refractivity contribution in [3.63, 3.8) is 0 Å². The van der Waals surface area contributed by atoms with Gasteiger partial charge in [0.15, 0.2) is 5.82 Å². The van der Waals surface area contributed by atoms with E-state index in [0.717, 1.165) is 43.6 Å². The highest BCUT2D eigenvalue weighted by molar-refractivity contribution is 6.29. The van der Waals surface area contributed by atoms with E-state index in [0.29, 0.717) is 23.5 Å². The summed E-state index contributed by atoms with van der Waals surface area (Å²) in [6.07, 6.45) is 4.70. The van der Waals surface area contributed by atoms with Gasteiger partial charge in [-0.15, -0.1) is 10.2 Å². The number of nitrogens with zero attached hydrogens (tertiary/aromatic N) is 4. The molecule has 0 unspecified atom stereocenters. The zero-order valence-corrected chi connectivity index (χ0v) is 16.8. The van der Waals surface area contributed by atoms with Gasteiger partial charge in [-0.2, -0.15) is 0 Å². The average Bonchev–Trinajstić information content (AvgIpc) is 3.15. The van der Waals surface area contributed by atoms with Crippen molar-refractivity contribution in [2.45, 2.75) is 52.0 Å². The fourth-order valence-electron chi connectivity index (χ4n) is 3.55. The van der Waals surface area contributed by atoms with Gasteiger partial charge in [-0.1, -0.05) is 11.6 Å². The molecule has 152 valence electrons. The zero-order valence-electron chi connectivity index (χ0n) is 16.0. The molecule has 0 aliphatic carbocycles. The van der Waals surface area contributed by atoms with Gasteiger partial charge in [-0.3, -0.25) is 4.79 Å². The summed E-state index contributed by atoms with van der Waals surface area (Å²) in [5.41, 5.74) is 2.16. The molecular formula is C20H21ClFN5O2. The summed E-state index contributed by atoms with van der Waals surface area (Å²) in [6.45, 7) is 2.60. The number of halogens is 2. The molecule has 7 nitrogen and oxygen atoms in total. The first-order valence-electron chi connectivity index (χ1n) is 9.65. The number of hydrogen-bond donors (Lipinski definition) is 1. The Bertz CT molecular complexity index is 1030. The van der Waals surface area contributed by atoms with E-state index in [4.69, 9.17) is 16.1 Å². The van der Waals surface area contributed by atoms with Crippen molar-refractivity contribution in [3.05, 3.63) is 46.3 Å². The normalized spacial score (nSPS) is 13.8. The monoisotopic (exact) mass is 417 g/mol. The Kier molecular flexibility index (Phi) is 5.62. The highest BCUT2D eigenvalue weighted by Crippen LogP contribution is 2.27. The van der Waals surface area contributed by atoms with Crippen molar-refractivity contribution in [2.24, 2.45) is 0 Å². The first-order chi connectivity index (χ1) is 14.0. The second kappa shape index (κ2) is 8.32. The summed E-state index contributed by atoms with van der Waals surface area (Å²) >= 11 is 5.93. The molecule has 0 atom stereocenters.